The maximum Gasteiger partial charge on any atom is 0.241 e. The van der Waals surface area contributed by atoms with E-state index in [2.05, 4.69) is 16.9 Å². The lowest BCUT2D eigenvalue weighted by atomic mass is 9.97. The van der Waals surface area contributed by atoms with Crippen LogP contribution in [-0.2, 0) is 16.1 Å². The van der Waals surface area contributed by atoms with Gasteiger partial charge in [-0.1, -0.05) is 23.8 Å². The fourth-order valence-corrected chi connectivity index (χ4v) is 3.83. The molecule has 1 aromatic carbocycles. The molecule has 1 aromatic rings. The molecule has 0 radical (unpaired) electrons. The summed E-state index contributed by atoms with van der Waals surface area (Å²) >= 11 is 0. The molecule has 0 bridgehead atoms. The quantitative estimate of drug-likeness (QED) is 0.674. The number of methoxy groups -OCH3 is 1. The number of hydrazine groups is 1. The van der Waals surface area contributed by atoms with E-state index in [-0.39, 0.29) is 23.8 Å². The van der Waals surface area contributed by atoms with E-state index in [0.29, 0.717) is 19.5 Å². The van der Waals surface area contributed by atoms with E-state index in [0.717, 1.165) is 30.6 Å². The normalized spacial score (nSPS) is 21.9. The summed E-state index contributed by atoms with van der Waals surface area (Å²) in [5, 5.41) is 0. The number of nitrogens with one attached hydrogen (secondary N) is 2. The highest BCUT2D eigenvalue weighted by Gasteiger charge is 2.34. The molecule has 6 nitrogen and oxygen atoms in total. The minimum absolute atomic E-state index is 0.0449. The van der Waals surface area contributed by atoms with Gasteiger partial charge < -0.3 is 9.64 Å². The van der Waals surface area contributed by atoms with Crippen LogP contribution < -0.4 is 15.6 Å². The van der Waals surface area contributed by atoms with E-state index in [9.17, 15) is 9.59 Å². The first-order valence-electron chi connectivity index (χ1n) is 10.2. The van der Waals surface area contributed by atoms with Gasteiger partial charge in [0.1, 0.15) is 17.6 Å². The van der Waals surface area contributed by atoms with Crippen LogP contribution in [-0.4, -0.2) is 42.3 Å². The molecule has 0 saturated carbocycles. The van der Waals surface area contributed by atoms with Crippen LogP contribution in [0, 0.1) is 0 Å². The Bertz CT molecular complexity index is 714. The Morgan fingerprint density at radius 1 is 1.14 bits per heavy atom. The topological polar surface area (TPSA) is 70.7 Å². The summed E-state index contributed by atoms with van der Waals surface area (Å²) in [5.74, 6) is 0.903. The van der Waals surface area contributed by atoms with Crippen molar-refractivity contribution in [2.24, 2.45) is 0 Å². The highest BCUT2D eigenvalue weighted by molar-refractivity contribution is 5.86. The number of carbonyl (C=O) groups excluding carboxylic acids is 2. The lowest BCUT2D eigenvalue weighted by Crippen LogP contribution is -2.46. The Hall–Kier alpha value is -2.18. The van der Waals surface area contributed by atoms with Crippen LogP contribution >= 0.6 is 0 Å². The van der Waals surface area contributed by atoms with Gasteiger partial charge in [0.25, 0.3) is 0 Å². The molecule has 1 fully saturated rings. The zero-order chi connectivity index (χ0) is 19.9. The van der Waals surface area contributed by atoms with Crippen molar-refractivity contribution in [3.63, 3.8) is 0 Å². The SMILES string of the molecule is COc1ccc(CN(CCC2=CCCCC2)C(=O)C2CC(C(C)=O)NN2)cc1. The second-order valence-electron chi connectivity index (χ2n) is 7.71. The maximum atomic E-state index is 13.2. The molecule has 28 heavy (non-hydrogen) atoms. The molecule has 1 heterocycles. The molecule has 2 atom stereocenters. The number of allylic oxidation sites excluding steroid dienone is 1. The number of ketones is 1. The Kier molecular flexibility index (Phi) is 7.23. The van der Waals surface area contributed by atoms with Crippen molar-refractivity contribution in [1.29, 1.82) is 0 Å². The van der Waals surface area contributed by atoms with Gasteiger partial charge in [0, 0.05) is 13.1 Å². The zero-order valence-electron chi connectivity index (χ0n) is 16.9. The molecule has 6 heteroatoms. The van der Waals surface area contributed by atoms with Crippen LogP contribution in [0.2, 0.25) is 0 Å². The third-order valence-corrected chi connectivity index (χ3v) is 5.62. The summed E-state index contributed by atoms with van der Waals surface area (Å²) in [6.45, 7) is 2.80. The smallest absolute Gasteiger partial charge is 0.241 e. The summed E-state index contributed by atoms with van der Waals surface area (Å²) in [7, 11) is 1.65. The second kappa shape index (κ2) is 9.85. The van der Waals surface area contributed by atoms with Crippen molar-refractivity contribution < 1.29 is 14.3 Å². The van der Waals surface area contributed by atoms with E-state index in [1.807, 2.05) is 29.2 Å². The van der Waals surface area contributed by atoms with E-state index in [1.165, 1.54) is 18.4 Å². The van der Waals surface area contributed by atoms with Gasteiger partial charge in [0.15, 0.2) is 0 Å². The number of nitrogens with zero attached hydrogens (tertiary/aromatic N) is 1. The molecule has 2 aliphatic rings. The van der Waals surface area contributed by atoms with E-state index in [4.69, 9.17) is 4.74 Å². The van der Waals surface area contributed by atoms with Crippen LogP contribution in [0.25, 0.3) is 0 Å². The highest BCUT2D eigenvalue weighted by atomic mass is 16.5. The lowest BCUT2D eigenvalue weighted by molar-refractivity contribution is -0.133. The molecule has 1 aliphatic heterocycles. The first-order chi connectivity index (χ1) is 13.6. The molecule has 1 saturated heterocycles. The number of ether oxygens (including phenoxy) is 1. The minimum atomic E-state index is -0.368. The van der Waals surface area contributed by atoms with Crippen LogP contribution in [0.3, 0.4) is 0 Å². The molecule has 152 valence electrons. The van der Waals surface area contributed by atoms with Crippen LogP contribution in [0.4, 0.5) is 0 Å². The molecule has 0 spiro atoms. The number of benzene rings is 1. The number of Topliss-reactive ketones (excluding diaryl/α,β-unsaturated/α-hetero) is 1. The Morgan fingerprint density at radius 3 is 2.50 bits per heavy atom. The van der Waals surface area contributed by atoms with Gasteiger partial charge in [-0.25, -0.2) is 10.9 Å². The second-order valence-corrected chi connectivity index (χ2v) is 7.71. The molecular weight excluding hydrogens is 354 g/mol. The van der Waals surface area contributed by atoms with Crippen molar-refractivity contribution in [3.05, 3.63) is 41.5 Å². The fraction of sp³-hybridized carbons (Fsp3) is 0.545. The molecule has 0 aromatic heterocycles. The van der Waals surface area contributed by atoms with E-state index >= 15 is 0 Å². The van der Waals surface area contributed by atoms with E-state index in [1.54, 1.807) is 14.0 Å². The molecular formula is C22H31N3O3. The average Bonchev–Trinajstić information content (AvgIpc) is 3.22. The Labute approximate surface area is 167 Å². The first-order valence-corrected chi connectivity index (χ1v) is 10.2. The van der Waals surface area contributed by atoms with Crippen LogP contribution in [0.5, 0.6) is 5.75 Å². The third kappa shape index (κ3) is 5.42. The largest absolute Gasteiger partial charge is 0.497 e. The standard InChI is InChI=1S/C22H31N3O3/c1-16(26)20-14-21(24-23-20)22(27)25(13-12-17-6-4-3-5-7-17)15-18-8-10-19(28-2)11-9-18/h6,8-11,20-21,23-24H,3-5,7,12-15H2,1-2H3. The summed E-state index contributed by atoms with van der Waals surface area (Å²) in [4.78, 5) is 26.7. The van der Waals surface area contributed by atoms with E-state index < -0.39 is 0 Å². The van der Waals surface area contributed by atoms with Crippen LogP contribution in [0.15, 0.2) is 35.9 Å². The molecule has 1 aliphatic carbocycles. The summed E-state index contributed by atoms with van der Waals surface area (Å²) in [5.41, 5.74) is 8.49. The summed E-state index contributed by atoms with van der Waals surface area (Å²) in [6, 6.07) is 7.17. The van der Waals surface area contributed by atoms with Crippen molar-refractivity contribution in [3.8, 4) is 5.75 Å². The Balaban J connectivity index is 1.68. The lowest BCUT2D eigenvalue weighted by Gasteiger charge is -2.27. The first kappa shape index (κ1) is 20.6. The highest BCUT2D eigenvalue weighted by Crippen LogP contribution is 2.22. The summed E-state index contributed by atoms with van der Waals surface area (Å²) < 4.78 is 5.23. The molecule has 1 amide bonds. The van der Waals surface area contributed by atoms with Crippen molar-refractivity contribution in [2.45, 2.75) is 64.1 Å². The van der Waals surface area contributed by atoms with Gasteiger partial charge in [-0.15, -0.1) is 0 Å². The van der Waals surface area contributed by atoms with Crippen LogP contribution in [0.1, 0.15) is 51.0 Å². The van der Waals surface area contributed by atoms with Gasteiger partial charge in [-0.3, -0.25) is 9.59 Å². The van der Waals surface area contributed by atoms with Gasteiger partial charge in [0.05, 0.1) is 13.2 Å². The number of amides is 1. The van der Waals surface area contributed by atoms with Gasteiger partial charge >= 0.3 is 0 Å². The maximum absolute atomic E-state index is 13.2. The minimum Gasteiger partial charge on any atom is -0.497 e. The molecule has 2 unspecified atom stereocenters. The zero-order valence-corrected chi connectivity index (χ0v) is 16.9. The third-order valence-electron chi connectivity index (χ3n) is 5.62. The Morgan fingerprint density at radius 2 is 1.89 bits per heavy atom. The number of hydrogen-bond donors (Lipinski definition) is 2. The predicted molar refractivity (Wildman–Crippen MR) is 109 cm³/mol. The van der Waals surface area contributed by atoms with Crippen molar-refractivity contribution in [1.82, 2.24) is 15.8 Å². The summed E-state index contributed by atoms with van der Waals surface area (Å²) in [6.07, 6.45) is 8.54. The molecule has 2 N–H and O–H groups in total. The van der Waals surface area contributed by atoms with Gasteiger partial charge in [-0.05, 0) is 63.1 Å². The number of carbonyl (C=O) groups is 2. The predicted octanol–water partition coefficient (Wildman–Crippen LogP) is 2.74. The number of rotatable bonds is 8. The van der Waals surface area contributed by atoms with Gasteiger partial charge in [-0.2, -0.15) is 0 Å². The monoisotopic (exact) mass is 385 g/mol. The van der Waals surface area contributed by atoms with Crippen molar-refractivity contribution in [2.75, 3.05) is 13.7 Å². The van der Waals surface area contributed by atoms with Gasteiger partial charge in [0.2, 0.25) is 5.91 Å². The fourth-order valence-electron chi connectivity index (χ4n) is 3.83. The van der Waals surface area contributed by atoms with Crippen molar-refractivity contribution >= 4 is 11.7 Å². The molecule has 3 rings (SSSR count). The average molecular weight is 386 g/mol. The number of hydrogen-bond acceptors (Lipinski definition) is 5.